The van der Waals surface area contributed by atoms with Crippen LogP contribution < -0.4 is 19.5 Å². The molecule has 0 amide bonds. The molecule has 1 aliphatic rings. The summed E-state index contributed by atoms with van der Waals surface area (Å²) < 4.78 is 15.7. The lowest BCUT2D eigenvalue weighted by Crippen LogP contribution is -2.12. The second kappa shape index (κ2) is 5.93. The first-order valence-electron chi connectivity index (χ1n) is 6.72. The van der Waals surface area contributed by atoms with Gasteiger partial charge in [-0.25, -0.2) is 0 Å². The van der Waals surface area contributed by atoms with E-state index in [0.29, 0.717) is 18.0 Å². The number of benzene rings is 2. The topological polar surface area (TPSA) is 60.0 Å². The Labute approximate surface area is 123 Å². The number of rotatable bonds is 5. The summed E-state index contributed by atoms with van der Waals surface area (Å²) >= 11 is 0. The molecule has 1 aliphatic heterocycles. The van der Waals surface area contributed by atoms with Gasteiger partial charge >= 0.3 is 0 Å². The maximum Gasteiger partial charge on any atom is 0.231 e. The molecule has 3 rings (SSSR count). The van der Waals surface area contributed by atoms with Gasteiger partial charge in [0.25, 0.3) is 0 Å². The van der Waals surface area contributed by atoms with Gasteiger partial charge in [0.15, 0.2) is 11.5 Å². The van der Waals surface area contributed by atoms with Gasteiger partial charge in [-0.3, -0.25) is 0 Å². The van der Waals surface area contributed by atoms with Crippen LogP contribution in [0.15, 0.2) is 42.5 Å². The first-order valence-corrected chi connectivity index (χ1v) is 6.72. The summed E-state index contributed by atoms with van der Waals surface area (Å²) in [4.78, 5) is 0. The lowest BCUT2D eigenvalue weighted by molar-refractivity contribution is 0.173. The molecule has 0 saturated heterocycles. The molecule has 1 heterocycles. The SMILES string of the molecule is COc1ccc(NCC(O)c2ccc3c(c2)OCO3)cc1. The van der Waals surface area contributed by atoms with Crippen molar-refractivity contribution in [2.75, 3.05) is 25.8 Å². The highest BCUT2D eigenvalue weighted by molar-refractivity contribution is 5.48. The van der Waals surface area contributed by atoms with Crippen LogP contribution in [0.4, 0.5) is 5.69 Å². The van der Waals surface area contributed by atoms with Gasteiger partial charge in [0.05, 0.1) is 13.2 Å². The van der Waals surface area contributed by atoms with Crippen LogP contribution in [-0.4, -0.2) is 25.6 Å². The van der Waals surface area contributed by atoms with Crippen molar-refractivity contribution >= 4 is 5.69 Å². The number of methoxy groups -OCH3 is 1. The van der Waals surface area contributed by atoms with Crippen LogP contribution in [0.1, 0.15) is 11.7 Å². The van der Waals surface area contributed by atoms with Gasteiger partial charge < -0.3 is 24.6 Å². The van der Waals surface area contributed by atoms with Gasteiger partial charge in [0.2, 0.25) is 6.79 Å². The number of anilines is 1. The molecule has 110 valence electrons. The largest absolute Gasteiger partial charge is 0.497 e. The van der Waals surface area contributed by atoms with Crippen molar-refractivity contribution in [1.82, 2.24) is 0 Å². The van der Waals surface area contributed by atoms with Crippen molar-refractivity contribution in [3.05, 3.63) is 48.0 Å². The molecule has 0 aromatic heterocycles. The van der Waals surface area contributed by atoms with Gasteiger partial charge in [0.1, 0.15) is 5.75 Å². The van der Waals surface area contributed by atoms with Gasteiger partial charge in [-0.15, -0.1) is 0 Å². The second-order valence-electron chi connectivity index (χ2n) is 4.74. The molecule has 1 atom stereocenters. The fraction of sp³-hybridized carbons (Fsp3) is 0.250. The molecule has 21 heavy (non-hydrogen) atoms. The average Bonchev–Trinajstić information content (AvgIpc) is 3.00. The van der Waals surface area contributed by atoms with Crippen molar-refractivity contribution in [3.8, 4) is 17.2 Å². The molecule has 0 saturated carbocycles. The summed E-state index contributed by atoms with van der Waals surface area (Å²) in [6.07, 6.45) is -0.624. The molecule has 2 N–H and O–H groups in total. The van der Waals surface area contributed by atoms with Crippen LogP contribution >= 0.6 is 0 Å². The number of fused-ring (bicyclic) bond motifs is 1. The fourth-order valence-corrected chi connectivity index (χ4v) is 2.16. The summed E-state index contributed by atoms with van der Waals surface area (Å²) in [7, 11) is 1.63. The molecule has 2 aromatic rings. The van der Waals surface area contributed by atoms with E-state index in [1.54, 1.807) is 7.11 Å². The predicted molar refractivity (Wildman–Crippen MR) is 79.0 cm³/mol. The van der Waals surface area contributed by atoms with Gasteiger partial charge in [-0.2, -0.15) is 0 Å². The molecule has 5 heteroatoms. The van der Waals surface area contributed by atoms with E-state index in [2.05, 4.69) is 5.32 Å². The predicted octanol–water partition coefficient (Wildman–Crippen LogP) is 2.57. The molecular weight excluding hydrogens is 270 g/mol. The smallest absolute Gasteiger partial charge is 0.231 e. The lowest BCUT2D eigenvalue weighted by Gasteiger charge is -2.14. The summed E-state index contributed by atoms with van der Waals surface area (Å²) in [6.45, 7) is 0.644. The minimum atomic E-state index is -0.624. The van der Waals surface area contributed by atoms with Crippen LogP contribution in [0.5, 0.6) is 17.2 Å². The van der Waals surface area contributed by atoms with Crippen molar-refractivity contribution in [1.29, 1.82) is 0 Å². The highest BCUT2D eigenvalue weighted by atomic mass is 16.7. The number of aliphatic hydroxyl groups is 1. The molecule has 1 unspecified atom stereocenters. The van der Waals surface area contributed by atoms with Crippen LogP contribution in [0.3, 0.4) is 0 Å². The maximum atomic E-state index is 10.2. The third kappa shape index (κ3) is 3.03. The zero-order chi connectivity index (χ0) is 14.7. The number of hydrogen-bond acceptors (Lipinski definition) is 5. The summed E-state index contributed by atoms with van der Waals surface area (Å²) in [5.41, 5.74) is 1.72. The van der Waals surface area contributed by atoms with E-state index in [9.17, 15) is 5.11 Å². The number of aliphatic hydroxyl groups excluding tert-OH is 1. The van der Waals surface area contributed by atoms with E-state index in [4.69, 9.17) is 14.2 Å². The Balaban J connectivity index is 1.61. The van der Waals surface area contributed by atoms with Crippen LogP contribution in [0.25, 0.3) is 0 Å². The highest BCUT2D eigenvalue weighted by Crippen LogP contribution is 2.34. The quantitative estimate of drug-likeness (QED) is 0.885. The number of nitrogens with one attached hydrogen (secondary N) is 1. The first kappa shape index (κ1) is 13.6. The Bertz CT molecular complexity index is 612. The average molecular weight is 287 g/mol. The molecule has 0 fully saturated rings. The minimum Gasteiger partial charge on any atom is -0.497 e. The lowest BCUT2D eigenvalue weighted by atomic mass is 10.1. The number of hydrogen-bond donors (Lipinski definition) is 2. The molecule has 0 aliphatic carbocycles. The fourth-order valence-electron chi connectivity index (χ4n) is 2.16. The monoisotopic (exact) mass is 287 g/mol. The summed E-state index contributed by atoms with van der Waals surface area (Å²) in [6, 6.07) is 13.0. The Morgan fingerprint density at radius 3 is 2.67 bits per heavy atom. The Morgan fingerprint density at radius 2 is 1.90 bits per heavy atom. The summed E-state index contributed by atoms with van der Waals surface area (Å²) in [5.74, 6) is 2.20. The van der Waals surface area contributed by atoms with E-state index in [-0.39, 0.29) is 6.79 Å². The second-order valence-corrected chi connectivity index (χ2v) is 4.74. The van der Waals surface area contributed by atoms with E-state index < -0.39 is 6.10 Å². The standard InChI is InChI=1S/C16H17NO4/c1-19-13-5-3-12(4-6-13)17-9-14(18)11-2-7-15-16(8-11)21-10-20-15/h2-8,14,17-18H,9-10H2,1H3. The van der Waals surface area contributed by atoms with Gasteiger partial charge in [0, 0.05) is 12.2 Å². The summed E-state index contributed by atoms with van der Waals surface area (Å²) in [5, 5.41) is 13.4. The van der Waals surface area contributed by atoms with E-state index >= 15 is 0 Å². The van der Waals surface area contributed by atoms with Crippen LogP contribution in [-0.2, 0) is 0 Å². The zero-order valence-corrected chi connectivity index (χ0v) is 11.7. The van der Waals surface area contributed by atoms with Crippen molar-refractivity contribution in [2.24, 2.45) is 0 Å². The molecule has 0 radical (unpaired) electrons. The first-order chi connectivity index (χ1) is 10.3. The maximum absolute atomic E-state index is 10.2. The van der Waals surface area contributed by atoms with Crippen molar-refractivity contribution in [2.45, 2.75) is 6.10 Å². The van der Waals surface area contributed by atoms with Gasteiger partial charge in [-0.1, -0.05) is 6.07 Å². The molecule has 0 bridgehead atoms. The number of ether oxygens (including phenoxy) is 3. The zero-order valence-electron chi connectivity index (χ0n) is 11.7. The van der Waals surface area contributed by atoms with Crippen LogP contribution in [0, 0.1) is 0 Å². The Kier molecular flexibility index (Phi) is 3.83. The van der Waals surface area contributed by atoms with Crippen molar-refractivity contribution in [3.63, 3.8) is 0 Å². The van der Waals surface area contributed by atoms with Crippen LogP contribution in [0.2, 0.25) is 0 Å². The third-order valence-corrected chi connectivity index (χ3v) is 3.37. The van der Waals surface area contributed by atoms with Gasteiger partial charge in [-0.05, 0) is 42.0 Å². The Hall–Kier alpha value is -2.40. The van der Waals surface area contributed by atoms with E-state index in [1.807, 2.05) is 42.5 Å². The van der Waals surface area contributed by atoms with E-state index in [1.165, 1.54) is 0 Å². The Morgan fingerprint density at radius 1 is 1.14 bits per heavy atom. The molecule has 2 aromatic carbocycles. The normalized spacial score (nSPS) is 13.8. The highest BCUT2D eigenvalue weighted by Gasteiger charge is 2.16. The minimum absolute atomic E-state index is 0.235. The van der Waals surface area contributed by atoms with E-state index in [0.717, 1.165) is 17.0 Å². The third-order valence-electron chi connectivity index (χ3n) is 3.37. The van der Waals surface area contributed by atoms with Crippen molar-refractivity contribution < 1.29 is 19.3 Å². The molecule has 5 nitrogen and oxygen atoms in total. The molecule has 0 spiro atoms. The molecular formula is C16H17NO4.